The van der Waals surface area contributed by atoms with Crippen molar-refractivity contribution in [3.63, 3.8) is 0 Å². The van der Waals surface area contributed by atoms with E-state index < -0.39 is 0 Å². The van der Waals surface area contributed by atoms with Crippen LogP contribution in [0.3, 0.4) is 0 Å². The molecule has 0 aliphatic heterocycles. The number of aryl methyl sites for hydroxylation is 2. The molecule has 0 aromatic heterocycles. The van der Waals surface area contributed by atoms with Gasteiger partial charge in [-0.05, 0) is 48.4 Å². The van der Waals surface area contributed by atoms with Gasteiger partial charge in [0.2, 0.25) is 0 Å². The number of rotatable bonds is 5. The zero-order valence-electron chi connectivity index (χ0n) is 16.5. The third-order valence-corrected chi connectivity index (χ3v) is 4.96. The van der Waals surface area contributed by atoms with E-state index in [0.29, 0.717) is 11.3 Å². The number of hydrogen-bond donors (Lipinski definition) is 0. The summed E-state index contributed by atoms with van der Waals surface area (Å²) in [4.78, 5) is 4.72. The number of nitrogens with zero attached hydrogens (tertiary/aromatic N) is 1. The zero-order valence-corrected chi connectivity index (χ0v) is 16.5. The predicted octanol–water partition coefficient (Wildman–Crippen LogP) is 6.93. The van der Waals surface area contributed by atoms with Crippen molar-refractivity contribution in [3.05, 3.63) is 107 Å². The summed E-state index contributed by atoms with van der Waals surface area (Å²) in [6, 6.07) is 24.9. The van der Waals surface area contributed by atoms with Crippen LogP contribution in [0.25, 0.3) is 10.8 Å². The summed E-state index contributed by atoms with van der Waals surface area (Å²) >= 11 is 0. The molecule has 29 heavy (non-hydrogen) atoms. The summed E-state index contributed by atoms with van der Waals surface area (Å²) in [6.45, 7) is 4.29. The lowest BCUT2D eigenvalue weighted by Crippen LogP contribution is -2.01. The molecule has 4 rings (SSSR count). The van der Waals surface area contributed by atoms with Crippen LogP contribution in [0, 0.1) is 19.7 Å². The van der Waals surface area contributed by atoms with E-state index in [4.69, 9.17) is 9.73 Å². The SMILES string of the molecule is Cc1ccc(N=Cc2c(OCc3ccccc3F)ccc3ccccc23)c(C)c1. The van der Waals surface area contributed by atoms with Gasteiger partial charge in [0.25, 0.3) is 0 Å². The maximum absolute atomic E-state index is 14.0. The molecular formula is C26H22FNO. The van der Waals surface area contributed by atoms with E-state index in [1.54, 1.807) is 12.1 Å². The van der Waals surface area contributed by atoms with Crippen molar-refractivity contribution < 1.29 is 9.13 Å². The van der Waals surface area contributed by atoms with Gasteiger partial charge in [-0.1, -0.05) is 66.2 Å². The Labute approximate surface area is 170 Å². The Morgan fingerprint density at radius 1 is 0.897 bits per heavy atom. The van der Waals surface area contributed by atoms with E-state index in [0.717, 1.165) is 27.6 Å². The van der Waals surface area contributed by atoms with Gasteiger partial charge in [-0.3, -0.25) is 4.99 Å². The lowest BCUT2D eigenvalue weighted by molar-refractivity contribution is 0.300. The Morgan fingerprint density at radius 2 is 1.69 bits per heavy atom. The Hall–Kier alpha value is -3.46. The van der Waals surface area contributed by atoms with E-state index in [2.05, 4.69) is 38.1 Å². The highest BCUT2D eigenvalue weighted by atomic mass is 19.1. The van der Waals surface area contributed by atoms with Crippen LogP contribution >= 0.6 is 0 Å². The third-order valence-electron chi connectivity index (χ3n) is 4.96. The minimum absolute atomic E-state index is 0.162. The number of fused-ring (bicyclic) bond motifs is 1. The van der Waals surface area contributed by atoms with E-state index in [9.17, 15) is 4.39 Å². The van der Waals surface area contributed by atoms with Crippen molar-refractivity contribution in [3.8, 4) is 5.75 Å². The lowest BCUT2D eigenvalue weighted by atomic mass is 10.0. The summed E-state index contributed by atoms with van der Waals surface area (Å²) in [5.74, 6) is 0.416. The van der Waals surface area contributed by atoms with Gasteiger partial charge in [-0.2, -0.15) is 0 Å². The van der Waals surface area contributed by atoms with Crippen molar-refractivity contribution >= 4 is 22.7 Å². The van der Waals surface area contributed by atoms with Crippen LogP contribution in [-0.2, 0) is 6.61 Å². The summed E-state index contributed by atoms with van der Waals surface area (Å²) in [6.07, 6.45) is 1.84. The molecule has 0 aliphatic rings. The highest BCUT2D eigenvalue weighted by Gasteiger charge is 2.09. The van der Waals surface area contributed by atoms with Crippen molar-refractivity contribution in [1.82, 2.24) is 0 Å². The second kappa shape index (κ2) is 8.27. The van der Waals surface area contributed by atoms with Gasteiger partial charge in [0.15, 0.2) is 0 Å². The maximum atomic E-state index is 14.0. The monoisotopic (exact) mass is 383 g/mol. The summed E-state index contributed by atoms with van der Waals surface area (Å²) in [5.41, 5.74) is 4.66. The zero-order chi connectivity index (χ0) is 20.2. The topological polar surface area (TPSA) is 21.6 Å². The Kier molecular flexibility index (Phi) is 5.39. The molecule has 0 N–H and O–H groups in total. The fraction of sp³-hybridized carbons (Fsp3) is 0.115. The number of benzene rings is 4. The highest BCUT2D eigenvalue weighted by molar-refractivity contribution is 6.03. The van der Waals surface area contributed by atoms with Crippen LogP contribution in [0.15, 0.2) is 83.9 Å². The molecule has 0 fully saturated rings. The summed E-state index contributed by atoms with van der Waals surface area (Å²) in [7, 11) is 0. The highest BCUT2D eigenvalue weighted by Crippen LogP contribution is 2.29. The largest absolute Gasteiger partial charge is 0.488 e. The van der Waals surface area contributed by atoms with E-state index in [-0.39, 0.29) is 12.4 Å². The van der Waals surface area contributed by atoms with Gasteiger partial charge in [0, 0.05) is 17.3 Å². The number of hydrogen-bond acceptors (Lipinski definition) is 2. The van der Waals surface area contributed by atoms with E-state index in [1.807, 2.05) is 42.6 Å². The van der Waals surface area contributed by atoms with Gasteiger partial charge in [-0.15, -0.1) is 0 Å². The molecule has 0 atom stereocenters. The van der Waals surface area contributed by atoms with Gasteiger partial charge in [-0.25, -0.2) is 4.39 Å². The number of ether oxygens (including phenoxy) is 1. The quantitative estimate of drug-likeness (QED) is 0.343. The first kappa shape index (κ1) is 18.9. The molecule has 2 nitrogen and oxygen atoms in total. The van der Waals surface area contributed by atoms with Gasteiger partial charge >= 0.3 is 0 Å². The fourth-order valence-corrected chi connectivity index (χ4v) is 3.39. The van der Waals surface area contributed by atoms with Crippen LogP contribution in [0.5, 0.6) is 5.75 Å². The lowest BCUT2D eigenvalue weighted by Gasteiger charge is -2.12. The molecule has 3 heteroatoms. The molecular weight excluding hydrogens is 361 g/mol. The smallest absolute Gasteiger partial charge is 0.129 e. The Morgan fingerprint density at radius 3 is 2.52 bits per heavy atom. The molecule has 4 aromatic carbocycles. The third kappa shape index (κ3) is 4.19. The molecule has 144 valence electrons. The number of aliphatic imine (C=N–C) groups is 1. The van der Waals surface area contributed by atoms with Crippen LogP contribution < -0.4 is 4.74 Å². The average Bonchev–Trinajstić information content (AvgIpc) is 2.73. The normalized spacial score (nSPS) is 11.3. The molecule has 4 aromatic rings. The van der Waals surface area contributed by atoms with Crippen LogP contribution in [0.2, 0.25) is 0 Å². The second-order valence-corrected chi connectivity index (χ2v) is 7.13. The molecule has 0 bridgehead atoms. The molecule has 0 spiro atoms. The molecule has 0 aliphatic carbocycles. The Balaban J connectivity index is 1.72. The predicted molar refractivity (Wildman–Crippen MR) is 118 cm³/mol. The van der Waals surface area contributed by atoms with E-state index >= 15 is 0 Å². The van der Waals surface area contributed by atoms with Gasteiger partial charge < -0.3 is 4.74 Å². The van der Waals surface area contributed by atoms with Crippen molar-refractivity contribution in [2.24, 2.45) is 4.99 Å². The first-order chi connectivity index (χ1) is 14.1. The summed E-state index contributed by atoms with van der Waals surface area (Å²) in [5, 5.41) is 2.15. The van der Waals surface area contributed by atoms with Crippen molar-refractivity contribution in [2.45, 2.75) is 20.5 Å². The van der Waals surface area contributed by atoms with Crippen molar-refractivity contribution in [2.75, 3.05) is 0 Å². The van der Waals surface area contributed by atoms with Gasteiger partial charge in [0.1, 0.15) is 18.2 Å². The standard InChI is InChI=1S/C26H22FNO/c1-18-11-13-25(19(2)15-18)28-16-23-22-9-5-3-7-20(22)12-14-26(23)29-17-21-8-4-6-10-24(21)27/h3-16H,17H2,1-2H3. The molecule has 0 saturated heterocycles. The van der Waals surface area contributed by atoms with E-state index in [1.165, 1.54) is 11.6 Å². The average molecular weight is 383 g/mol. The molecule has 0 heterocycles. The Bertz CT molecular complexity index is 1200. The fourth-order valence-electron chi connectivity index (χ4n) is 3.39. The van der Waals surface area contributed by atoms with Crippen molar-refractivity contribution in [1.29, 1.82) is 0 Å². The molecule has 0 amide bonds. The minimum Gasteiger partial charge on any atom is -0.488 e. The maximum Gasteiger partial charge on any atom is 0.129 e. The minimum atomic E-state index is -0.265. The molecule has 0 saturated carbocycles. The van der Waals surface area contributed by atoms with Crippen LogP contribution in [-0.4, -0.2) is 6.21 Å². The second-order valence-electron chi connectivity index (χ2n) is 7.13. The van der Waals surface area contributed by atoms with Crippen LogP contribution in [0.4, 0.5) is 10.1 Å². The first-order valence-electron chi connectivity index (χ1n) is 9.61. The number of halogens is 1. The van der Waals surface area contributed by atoms with Crippen LogP contribution in [0.1, 0.15) is 22.3 Å². The first-order valence-corrected chi connectivity index (χ1v) is 9.61. The van der Waals surface area contributed by atoms with Gasteiger partial charge in [0.05, 0.1) is 5.69 Å². The molecule has 0 radical (unpaired) electrons. The molecule has 0 unspecified atom stereocenters. The summed E-state index contributed by atoms with van der Waals surface area (Å²) < 4.78 is 20.0.